The Morgan fingerprint density at radius 3 is 2.61 bits per heavy atom. The summed E-state index contributed by atoms with van der Waals surface area (Å²) in [7, 11) is 0. The van der Waals surface area contributed by atoms with Gasteiger partial charge < -0.3 is 19.9 Å². The molecule has 3 aromatic heterocycles. The van der Waals surface area contributed by atoms with Crippen molar-refractivity contribution in [3.8, 4) is 5.75 Å². The van der Waals surface area contributed by atoms with Crippen molar-refractivity contribution in [2.45, 2.75) is 51.1 Å². The van der Waals surface area contributed by atoms with Crippen molar-refractivity contribution >= 4 is 57.5 Å². The highest BCUT2D eigenvalue weighted by Crippen LogP contribution is 2.39. The maximum Gasteiger partial charge on any atom is 0.272 e. The molecule has 1 unspecified atom stereocenters. The molecular weight excluding hydrogens is 742 g/mol. The zero-order chi connectivity index (χ0) is 39.6. The van der Waals surface area contributed by atoms with Crippen LogP contribution in [0.1, 0.15) is 69.7 Å². The number of benzene rings is 2. The fourth-order valence-electron chi connectivity index (χ4n) is 8.50. The minimum atomic E-state index is -2.71. The van der Waals surface area contributed by atoms with Gasteiger partial charge in [0, 0.05) is 80.3 Å². The smallest absolute Gasteiger partial charge is 0.272 e. The third-order valence-corrected chi connectivity index (χ3v) is 11.2. The van der Waals surface area contributed by atoms with E-state index in [9.17, 15) is 32.8 Å². The van der Waals surface area contributed by atoms with Gasteiger partial charge in [0.05, 0.1) is 34.6 Å². The molecule has 0 bridgehead atoms. The van der Waals surface area contributed by atoms with Gasteiger partial charge in [0.25, 0.3) is 24.1 Å². The lowest BCUT2D eigenvalue weighted by Gasteiger charge is -2.52. The zero-order valence-corrected chi connectivity index (χ0v) is 30.9. The average Bonchev–Trinajstić information content (AvgIpc) is 3.87. The minimum absolute atomic E-state index is 0.000252. The monoisotopic (exact) mass is 780 g/mol. The van der Waals surface area contributed by atoms with Crippen molar-refractivity contribution in [1.82, 2.24) is 39.5 Å². The molecule has 0 saturated carbocycles. The molecule has 3 fully saturated rings. The van der Waals surface area contributed by atoms with Gasteiger partial charge in [-0.25, -0.2) is 18.3 Å². The molecule has 2 aromatic carbocycles. The molecule has 2 N–H and O–H groups in total. The van der Waals surface area contributed by atoms with Crippen LogP contribution in [0.2, 0.25) is 0 Å². The summed E-state index contributed by atoms with van der Waals surface area (Å²) in [5.74, 6) is -2.52. The summed E-state index contributed by atoms with van der Waals surface area (Å²) >= 11 is 0. The lowest BCUT2D eigenvalue weighted by Crippen LogP contribution is -2.60. The van der Waals surface area contributed by atoms with E-state index >= 15 is 0 Å². The Hall–Kier alpha value is -6.30. The number of anilines is 2. The number of aromatic nitrogens is 5. The second-order valence-corrected chi connectivity index (χ2v) is 15.5. The molecule has 294 valence electrons. The fraction of sp³-hybridized carbons (Fsp3) is 0.385. The minimum Gasteiger partial charge on any atom is -0.485 e. The standard InChI is InChI=1S/C39H38F2N10O6/c1-39(20-48(21-39)24-3-4-25-26(14-24)38(56)51(37(25)55)30-5-6-33(52)45-36(30)54)19-47-11-7-23(8-12-47)50-17-22-13-29(31(15-28(22)46-50)57-18-32(40)41)44-35(53)27-16-43-49-10-2-9-42-34(27)49/h2-4,9-10,13-17,23,30,32H,5-8,11-12,18-21H2,1H3,(H,44,53)(H,45,52,54). The van der Waals surface area contributed by atoms with Crippen LogP contribution in [0.25, 0.3) is 16.6 Å². The molecule has 3 saturated heterocycles. The van der Waals surface area contributed by atoms with Crippen LogP contribution in [0, 0.1) is 5.41 Å². The van der Waals surface area contributed by atoms with Gasteiger partial charge >= 0.3 is 0 Å². The number of carbonyl (C=O) groups excluding carboxylic acids is 5. The molecular formula is C39H38F2N10O6. The van der Waals surface area contributed by atoms with Gasteiger partial charge in [0.15, 0.2) is 5.65 Å². The van der Waals surface area contributed by atoms with Crippen molar-refractivity contribution in [1.29, 1.82) is 0 Å². The molecule has 0 aliphatic carbocycles. The van der Waals surface area contributed by atoms with Gasteiger partial charge in [-0.2, -0.15) is 10.2 Å². The fourth-order valence-corrected chi connectivity index (χ4v) is 8.50. The predicted octanol–water partition coefficient (Wildman–Crippen LogP) is 3.54. The molecule has 0 radical (unpaired) electrons. The van der Waals surface area contributed by atoms with E-state index in [0.717, 1.165) is 61.5 Å². The first-order chi connectivity index (χ1) is 27.4. The van der Waals surface area contributed by atoms with E-state index in [-0.39, 0.29) is 52.4 Å². The third kappa shape index (κ3) is 6.72. The Kier molecular flexibility index (Phi) is 8.94. The van der Waals surface area contributed by atoms with Crippen LogP contribution in [-0.4, -0.2) is 116 Å². The van der Waals surface area contributed by atoms with E-state index in [1.807, 2.05) is 16.9 Å². The molecule has 16 nitrogen and oxygen atoms in total. The number of carbonyl (C=O) groups is 5. The summed E-state index contributed by atoms with van der Waals surface area (Å²) in [6.07, 6.45) is 5.67. The maximum absolute atomic E-state index is 13.3. The van der Waals surface area contributed by atoms with E-state index in [0.29, 0.717) is 11.2 Å². The molecule has 4 aliphatic rings. The van der Waals surface area contributed by atoms with Crippen LogP contribution in [0.5, 0.6) is 5.75 Å². The van der Waals surface area contributed by atoms with E-state index in [2.05, 4.69) is 37.4 Å². The molecule has 4 aliphatic heterocycles. The van der Waals surface area contributed by atoms with Gasteiger partial charge in [0.2, 0.25) is 11.8 Å². The number of nitrogens with one attached hydrogen (secondary N) is 2. The summed E-state index contributed by atoms with van der Waals surface area (Å²) in [6.45, 7) is 5.48. The lowest BCUT2D eigenvalue weighted by molar-refractivity contribution is -0.136. The number of imide groups is 2. The number of rotatable bonds is 10. The number of alkyl halides is 2. The van der Waals surface area contributed by atoms with Gasteiger partial charge in [-0.15, -0.1) is 0 Å². The highest BCUT2D eigenvalue weighted by Gasteiger charge is 2.46. The summed E-state index contributed by atoms with van der Waals surface area (Å²) in [4.78, 5) is 73.6. The lowest BCUT2D eigenvalue weighted by atomic mass is 9.80. The summed E-state index contributed by atoms with van der Waals surface area (Å²) < 4.78 is 35.2. The molecule has 5 aromatic rings. The Bertz CT molecular complexity index is 2470. The van der Waals surface area contributed by atoms with Crippen LogP contribution in [0.15, 0.2) is 61.2 Å². The average molecular weight is 781 g/mol. The Balaban J connectivity index is 0.825. The van der Waals surface area contributed by atoms with Gasteiger partial charge in [-0.05, 0) is 49.6 Å². The first-order valence-corrected chi connectivity index (χ1v) is 18.8. The molecule has 18 heteroatoms. The van der Waals surface area contributed by atoms with Crippen molar-refractivity contribution in [2.75, 3.05) is 49.5 Å². The zero-order valence-electron chi connectivity index (χ0n) is 30.9. The first-order valence-electron chi connectivity index (χ1n) is 18.8. The van der Waals surface area contributed by atoms with Crippen LogP contribution in [-0.2, 0) is 9.59 Å². The molecule has 57 heavy (non-hydrogen) atoms. The molecule has 0 spiro atoms. The molecule has 7 heterocycles. The van der Waals surface area contributed by atoms with Crippen molar-refractivity contribution < 1.29 is 37.5 Å². The van der Waals surface area contributed by atoms with Crippen LogP contribution < -0.4 is 20.3 Å². The van der Waals surface area contributed by atoms with Crippen LogP contribution >= 0.6 is 0 Å². The van der Waals surface area contributed by atoms with E-state index in [1.165, 1.54) is 10.7 Å². The Labute approximate surface area is 323 Å². The number of hydrogen-bond acceptors (Lipinski definition) is 11. The number of hydrogen-bond donors (Lipinski definition) is 2. The maximum atomic E-state index is 13.3. The van der Waals surface area contributed by atoms with E-state index in [4.69, 9.17) is 9.84 Å². The molecule has 5 amide bonds. The second-order valence-electron chi connectivity index (χ2n) is 15.5. The van der Waals surface area contributed by atoms with Crippen molar-refractivity contribution in [3.63, 3.8) is 0 Å². The number of ether oxygens (including phenoxy) is 1. The van der Waals surface area contributed by atoms with E-state index < -0.39 is 48.6 Å². The SMILES string of the molecule is CC1(CN2CCC(n3cc4cc(NC(=O)c5cnn6cccnc56)c(OCC(F)F)cc4n3)CC2)CN(c2ccc3c(c2)C(=O)N(C2CCC(=O)NC2=O)C3=O)C1. The Morgan fingerprint density at radius 2 is 1.84 bits per heavy atom. The number of piperidine rings is 2. The topological polar surface area (TPSA) is 176 Å². The predicted molar refractivity (Wildman–Crippen MR) is 200 cm³/mol. The number of halogens is 2. The highest BCUT2D eigenvalue weighted by molar-refractivity contribution is 6.23. The van der Waals surface area contributed by atoms with E-state index in [1.54, 1.807) is 42.7 Å². The van der Waals surface area contributed by atoms with Crippen molar-refractivity contribution in [2.24, 2.45) is 5.41 Å². The largest absolute Gasteiger partial charge is 0.485 e. The van der Waals surface area contributed by atoms with Crippen LogP contribution in [0.3, 0.4) is 0 Å². The second kappa shape index (κ2) is 14.0. The van der Waals surface area contributed by atoms with Crippen molar-refractivity contribution in [3.05, 3.63) is 77.9 Å². The van der Waals surface area contributed by atoms with Gasteiger partial charge in [-0.1, -0.05) is 6.92 Å². The molecule has 9 rings (SSSR count). The first kappa shape index (κ1) is 36.3. The summed E-state index contributed by atoms with van der Waals surface area (Å²) in [6, 6.07) is 9.25. The summed E-state index contributed by atoms with van der Waals surface area (Å²) in [5, 5.41) is 14.7. The third-order valence-electron chi connectivity index (χ3n) is 11.2. The molecule has 1 atom stereocenters. The van der Waals surface area contributed by atoms with Gasteiger partial charge in [0.1, 0.15) is 24.0 Å². The summed E-state index contributed by atoms with van der Waals surface area (Å²) in [5.41, 5.74) is 2.72. The number of amides is 5. The van der Waals surface area contributed by atoms with Crippen LogP contribution in [0.4, 0.5) is 20.2 Å². The Morgan fingerprint density at radius 1 is 1.05 bits per heavy atom. The number of nitrogens with zero attached hydrogens (tertiary/aromatic N) is 8. The normalized spacial score (nSPS) is 20.0. The highest BCUT2D eigenvalue weighted by atomic mass is 19.3. The van der Waals surface area contributed by atoms with Gasteiger partial charge in [-0.3, -0.25) is 38.9 Å². The quantitative estimate of drug-likeness (QED) is 0.198. The number of likely N-dealkylation sites (tertiary alicyclic amines) is 1. The number of fused-ring (bicyclic) bond motifs is 3.